The van der Waals surface area contributed by atoms with Crippen LogP contribution in [0.2, 0.25) is 5.02 Å². The first kappa shape index (κ1) is 16.0. The number of halogens is 1. The van der Waals surface area contributed by atoms with Crippen molar-refractivity contribution < 1.29 is 14.1 Å². The summed E-state index contributed by atoms with van der Waals surface area (Å²) >= 11 is 5.77. The molecule has 0 fully saturated rings. The zero-order chi connectivity index (χ0) is 17.1. The van der Waals surface area contributed by atoms with Gasteiger partial charge in [0.05, 0.1) is 4.92 Å². The number of nitro benzene ring substituents is 1. The molecule has 0 atom stereocenters. The molecule has 6 nitrogen and oxygen atoms in total. The van der Waals surface area contributed by atoms with Gasteiger partial charge in [-0.15, -0.1) is 0 Å². The molecule has 0 aliphatic heterocycles. The summed E-state index contributed by atoms with van der Waals surface area (Å²) in [5.74, 6) is 0.600. The largest absolute Gasteiger partial charge is 0.480 e. The minimum absolute atomic E-state index is 0.0534. The first-order chi connectivity index (χ1) is 11.5. The molecule has 3 aromatic rings. The number of ether oxygens (including phenoxy) is 1. The Kier molecular flexibility index (Phi) is 4.48. The molecular formula is C17H13ClN2O4. The molecule has 3 rings (SSSR count). The predicted octanol–water partition coefficient (Wildman–Crippen LogP) is 4.79. The van der Waals surface area contributed by atoms with Gasteiger partial charge >= 0.3 is 5.69 Å². The normalized spacial score (nSPS) is 10.6. The van der Waals surface area contributed by atoms with Crippen molar-refractivity contribution in [2.24, 2.45) is 0 Å². The number of aromatic nitrogens is 1. The van der Waals surface area contributed by atoms with Crippen LogP contribution in [0.1, 0.15) is 11.3 Å². The van der Waals surface area contributed by atoms with E-state index in [2.05, 4.69) is 4.98 Å². The summed E-state index contributed by atoms with van der Waals surface area (Å²) in [5, 5.41) is 11.3. The summed E-state index contributed by atoms with van der Waals surface area (Å²) < 4.78 is 10.9. The van der Waals surface area contributed by atoms with E-state index in [-0.39, 0.29) is 23.1 Å². The van der Waals surface area contributed by atoms with Crippen molar-refractivity contribution in [3.63, 3.8) is 0 Å². The van der Waals surface area contributed by atoms with Crippen molar-refractivity contribution in [1.29, 1.82) is 0 Å². The first-order valence-electron chi connectivity index (χ1n) is 7.11. The second-order valence-electron chi connectivity index (χ2n) is 5.17. The minimum Gasteiger partial charge on any atom is -0.480 e. The van der Waals surface area contributed by atoms with E-state index in [9.17, 15) is 10.1 Å². The van der Waals surface area contributed by atoms with Crippen molar-refractivity contribution in [3.05, 3.63) is 75.1 Å². The maximum Gasteiger partial charge on any atom is 0.312 e. The third-order valence-corrected chi connectivity index (χ3v) is 3.58. The van der Waals surface area contributed by atoms with E-state index in [4.69, 9.17) is 20.8 Å². The Morgan fingerprint density at radius 3 is 2.71 bits per heavy atom. The van der Waals surface area contributed by atoms with Gasteiger partial charge < -0.3 is 9.15 Å². The van der Waals surface area contributed by atoms with Gasteiger partial charge in [0.25, 0.3) is 0 Å². The van der Waals surface area contributed by atoms with Crippen LogP contribution in [0.25, 0.3) is 11.5 Å². The maximum atomic E-state index is 11.0. The number of aryl methyl sites for hydroxylation is 1. The van der Waals surface area contributed by atoms with Crippen molar-refractivity contribution in [1.82, 2.24) is 4.98 Å². The van der Waals surface area contributed by atoms with Gasteiger partial charge in [-0.3, -0.25) is 10.1 Å². The summed E-state index contributed by atoms with van der Waals surface area (Å²) in [6.45, 7) is 2.05. The van der Waals surface area contributed by atoms with Gasteiger partial charge in [0.1, 0.15) is 18.6 Å². The Hall–Kier alpha value is -2.86. The van der Waals surface area contributed by atoms with E-state index in [1.807, 2.05) is 31.2 Å². The first-order valence-corrected chi connectivity index (χ1v) is 7.49. The Morgan fingerprint density at radius 1 is 1.25 bits per heavy atom. The molecule has 0 amide bonds. The van der Waals surface area contributed by atoms with E-state index >= 15 is 0 Å². The highest BCUT2D eigenvalue weighted by atomic mass is 35.5. The maximum absolute atomic E-state index is 11.0. The van der Waals surface area contributed by atoms with Crippen LogP contribution in [-0.4, -0.2) is 9.91 Å². The predicted molar refractivity (Wildman–Crippen MR) is 89.1 cm³/mol. The number of oxazole rings is 1. The Morgan fingerprint density at radius 2 is 2.00 bits per heavy atom. The monoisotopic (exact) mass is 344 g/mol. The number of rotatable bonds is 5. The van der Waals surface area contributed by atoms with Crippen molar-refractivity contribution >= 4 is 17.3 Å². The fourth-order valence-corrected chi connectivity index (χ4v) is 2.28. The molecule has 0 spiro atoms. The van der Waals surface area contributed by atoms with Crippen LogP contribution in [0.4, 0.5) is 5.69 Å². The molecule has 0 N–H and O–H groups in total. The Labute approximate surface area is 142 Å². The van der Waals surface area contributed by atoms with E-state index in [0.717, 1.165) is 11.1 Å². The van der Waals surface area contributed by atoms with Crippen LogP contribution < -0.4 is 4.74 Å². The molecule has 1 heterocycles. The zero-order valence-corrected chi connectivity index (χ0v) is 13.5. The van der Waals surface area contributed by atoms with Gasteiger partial charge in [0.2, 0.25) is 5.89 Å². The highest BCUT2D eigenvalue weighted by Gasteiger charge is 2.16. The van der Waals surface area contributed by atoms with Crippen LogP contribution in [0.5, 0.6) is 5.75 Å². The molecule has 0 aliphatic rings. The molecular weight excluding hydrogens is 332 g/mol. The quantitative estimate of drug-likeness (QED) is 0.491. The third kappa shape index (κ3) is 3.55. The second kappa shape index (κ2) is 6.72. The average molecular weight is 345 g/mol. The molecule has 24 heavy (non-hydrogen) atoms. The van der Waals surface area contributed by atoms with Gasteiger partial charge in [0.15, 0.2) is 5.75 Å². The number of nitrogens with zero attached hydrogens (tertiary/aromatic N) is 2. The van der Waals surface area contributed by atoms with Gasteiger partial charge in [0, 0.05) is 16.7 Å². The summed E-state index contributed by atoms with van der Waals surface area (Å²) in [7, 11) is 0. The highest BCUT2D eigenvalue weighted by molar-refractivity contribution is 6.30. The molecule has 122 valence electrons. The van der Waals surface area contributed by atoms with E-state index in [1.54, 1.807) is 0 Å². The lowest BCUT2D eigenvalue weighted by Gasteiger charge is -2.04. The van der Waals surface area contributed by atoms with Crippen molar-refractivity contribution in [2.75, 3.05) is 0 Å². The highest BCUT2D eigenvalue weighted by Crippen LogP contribution is 2.30. The molecule has 7 heteroatoms. The number of nitro groups is 1. The van der Waals surface area contributed by atoms with Gasteiger partial charge in [-0.1, -0.05) is 29.3 Å². The van der Waals surface area contributed by atoms with Gasteiger partial charge in [-0.2, -0.15) is 0 Å². The lowest BCUT2D eigenvalue weighted by atomic mass is 10.1. The third-order valence-electron chi connectivity index (χ3n) is 3.34. The fourth-order valence-electron chi connectivity index (χ4n) is 2.11. The van der Waals surface area contributed by atoms with Crippen molar-refractivity contribution in [3.8, 4) is 17.2 Å². The van der Waals surface area contributed by atoms with Crippen LogP contribution in [0.15, 0.2) is 53.1 Å². The smallest absolute Gasteiger partial charge is 0.312 e. The fraction of sp³-hybridized carbons (Fsp3) is 0.118. The number of hydrogen-bond acceptors (Lipinski definition) is 5. The lowest BCUT2D eigenvalue weighted by Crippen LogP contribution is -1.99. The van der Waals surface area contributed by atoms with E-state index in [1.165, 1.54) is 24.5 Å². The zero-order valence-electron chi connectivity index (χ0n) is 12.7. The van der Waals surface area contributed by atoms with Crippen LogP contribution in [0, 0.1) is 17.0 Å². The molecule has 0 unspecified atom stereocenters. The summed E-state index contributed by atoms with van der Waals surface area (Å²) in [5.41, 5.74) is 2.34. The molecule has 2 aromatic carbocycles. The molecule has 0 aliphatic carbocycles. The summed E-state index contributed by atoms with van der Waals surface area (Å²) in [4.78, 5) is 14.8. The van der Waals surface area contributed by atoms with Crippen LogP contribution in [-0.2, 0) is 6.61 Å². The minimum atomic E-state index is -0.540. The van der Waals surface area contributed by atoms with E-state index in [0.29, 0.717) is 11.6 Å². The number of hydrogen-bond donors (Lipinski definition) is 0. The Bertz CT molecular complexity index is 875. The number of benzene rings is 2. The summed E-state index contributed by atoms with van der Waals surface area (Å²) in [6.07, 6.45) is 1.47. The lowest BCUT2D eigenvalue weighted by molar-refractivity contribution is -0.385. The summed E-state index contributed by atoms with van der Waals surface area (Å²) in [6, 6.07) is 12.0. The molecule has 0 bridgehead atoms. The standard InChI is InChI=1S/C17H13ClN2O4/c1-11-2-4-12(5-3-11)17-19-14(10-24-17)9-23-16-7-6-13(18)8-15(16)20(21)22/h2-8,10H,9H2,1H3. The second-order valence-corrected chi connectivity index (χ2v) is 5.60. The SMILES string of the molecule is Cc1ccc(-c2nc(COc3ccc(Cl)cc3[N+](=O)[O-])co2)cc1. The van der Waals surface area contributed by atoms with Gasteiger partial charge in [-0.25, -0.2) is 4.98 Å². The average Bonchev–Trinajstić information content (AvgIpc) is 3.03. The van der Waals surface area contributed by atoms with Crippen molar-refractivity contribution in [2.45, 2.75) is 13.5 Å². The molecule has 0 saturated carbocycles. The van der Waals surface area contributed by atoms with Crippen LogP contribution >= 0.6 is 11.6 Å². The Balaban J connectivity index is 1.74. The molecule has 1 aromatic heterocycles. The van der Waals surface area contributed by atoms with E-state index < -0.39 is 4.92 Å². The topological polar surface area (TPSA) is 78.4 Å². The van der Waals surface area contributed by atoms with Gasteiger partial charge in [-0.05, 0) is 31.2 Å². The molecule has 0 radical (unpaired) electrons. The molecule has 0 saturated heterocycles. The van der Waals surface area contributed by atoms with Crippen LogP contribution in [0.3, 0.4) is 0 Å².